The highest BCUT2D eigenvalue weighted by Crippen LogP contribution is 2.39. The number of oxime groups is 1. The highest BCUT2D eigenvalue weighted by molar-refractivity contribution is 5.98. The molecule has 2 unspecified atom stereocenters. The van der Waals surface area contributed by atoms with E-state index in [2.05, 4.69) is 20.6 Å². The van der Waals surface area contributed by atoms with Gasteiger partial charge >= 0.3 is 12.1 Å². The number of carbonyl (C=O) groups excluding carboxylic acids is 2. The predicted molar refractivity (Wildman–Crippen MR) is 101 cm³/mol. The Morgan fingerprint density at radius 1 is 1.14 bits per heavy atom. The first-order valence-electron chi connectivity index (χ1n) is 9.49. The van der Waals surface area contributed by atoms with Crippen LogP contribution in [0.25, 0.3) is 0 Å². The SMILES string of the molecule is Cn1nnc(C2=NOC3(C2)CC(C(=O)OC(C)(C)C)N(C(=O)OC(C)(C)C)C3)n1. The fourth-order valence-corrected chi connectivity index (χ4v) is 3.28. The lowest BCUT2D eigenvalue weighted by atomic mass is 9.94. The Morgan fingerprint density at radius 2 is 1.79 bits per heavy atom. The molecule has 2 aliphatic rings. The molecule has 3 rings (SSSR count). The van der Waals surface area contributed by atoms with Gasteiger partial charge in [0.1, 0.15) is 23.0 Å². The number of likely N-dealkylation sites (tertiary alicyclic amines) is 1. The maximum Gasteiger partial charge on any atom is 0.411 e. The Morgan fingerprint density at radius 3 is 2.34 bits per heavy atom. The lowest BCUT2D eigenvalue weighted by Gasteiger charge is -2.29. The van der Waals surface area contributed by atoms with Crippen LogP contribution in [-0.2, 0) is 26.2 Å². The average molecular weight is 408 g/mol. The number of carbonyl (C=O) groups is 2. The van der Waals surface area contributed by atoms with Gasteiger partial charge in [-0.2, -0.15) is 4.80 Å². The smallest absolute Gasteiger partial charge is 0.411 e. The zero-order valence-electron chi connectivity index (χ0n) is 17.9. The molecule has 2 aliphatic heterocycles. The van der Waals surface area contributed by atoms with Crippen LogP contribution in [0, 0.1) is 0 Å². The number of esters is 1. The third kappa shape index (κ3) is 4.83. The van der Waals surface area contributed by atoms with Gasteiger partial charge in [-0.3, -0.25) is 4.90 Å². The Bertz CT molecular complexity index is 799. The summed E-state index contributed by atoms with van der Waals surface area (Å²) in [4.78, 5) is 34.0. The summed E-state index contributed by atoms with van der Waals surface area (Å²) in [5.41, 5.74) is -1.74. The number of ether oxygens (including phenoxy) is 2. The molecule has 11 nitrogen and oxygen atoms in total. The first-order chi connectivity index (χ1) is 13.3. The number of nitrogens with zero attached hydrogens (tertiary/aromatic N) is 6. The lowest BCUT2D eigenvalue weighted by molar-refractivity contribution is -0.160. The third-order valence-electron chi connectivity index (χ3n) is 4.31. The van der Waals surface area contributed by atoms with Gasteiger partial charge < -0.3 is 14.3 Å². The van der Waals surface area contributed by atoms with Crippen LogP contribution in [0.1, 0.15) is 60.2 Å². The van der Waals surface area contributed by atoms with E-state index >= 15 is 0 Å². The summed E-state index contributed by atoms with van der Waals surface area (Å²) < 4.78 is 11.0. The van der Waals surface area contributed by atoms with Crippen molar-refractivity contribution >= 4 is 17.8 Å². The molecule has 0 N–H and O–H groups in total. The van der Waals surface area contributed by atoms with Crippen LogP contribution in [0.5, 0.6) is 0 Å². The Labute approximate surface area is 169 Å². The first kappa shape index (κ1) is 21.0. The summed E-state index contributed by atoms with van der Waals surface area (Å²) in [6.07, 6.45) is -0.0222. The minimum absolute atomic E-state index is 0.138. The summed E-state index contributed by atoms with van der Waals surface area (Å²) in [6, 6.07) is -0.839. The molecule has 29 heavy (non-hydrogen) atoms. The van der Waals surface area contributed by atoms with E-state index in [1.165, 1.54) is 9.70 Å². The molecular weight excluding hydrogens is 380 g/mol. The Hall–Kier alpha value is -2.72. The topological polar surface area (TPSA) is 121 Å². The molecule has 1 saturated heterocycles. The van der Waals surface area contributed by atoms with Crippen LogP contribution in [0.4, 0.5) is 4.79 Å². The zero-order valence-corrected chi connectivity index (χ0v) is 17.9. The van der Waals surface area contributed by atoms with Crippen LogP contribution in [0.15, 0.2) is 5.16 Å². The maximum absolute atomic E-state index is 12.8. The van der Waals surface area contributed by atoms with Gasteiger partial charge in [-0.05, 0) is 46.8 Å². The molecule has 1 aromatic rings. The van der Waals surface area contributed by atoms with Crippen molar-refractivity contribution < 1.29 is 23.9 Å². The van der Waals surface area contributed by atoms with E-state index in [0.717, 1.165) is 0 Å². The number of aromatic nitrogens is 4. The summed E-state index contributed by atoms with van der Waals surface area (Å²) in [5, 5.41) is 16.0. The fraction of sp³-hybridized carbons (Fsp3) is 0.778. The first-order valence-corrected chi connectivity index (χ1v) is 9.49. The van der Waals surface area contributed by atoms with Gasteiger partial charge in [-0.25, -0.2) is 9.59 Å². The van der Waals surface area contributed by atoms with Gasteiger partial charge in [0.25, 0.3) is 0 Å². The molecule has 2 atom stereocenters. The van der Waals surface area contributed by atoms with Crippen molar-refractivity contribution in [3.05, 3.63) is 5.82 Å². The molecular formula is C18H28N6O5. The van der Waals surface area contributed by atoms with Gasteiger partial charge in [-0.15, -0.1) is 10.2 Å². The average Bonchev–Trinajstić information content (AvgIpc) is 3.23. The number of amides is 1. The number of tetrazole rings is 1. The van der Waals surface area contributed by atoms with E-state index in [4.69, 9.17) is 14.3 Å². The molecule has 1 fully saturated rings. The quantitative estimate of drug-likeness (QED) is 0.674. The van der Waals surface area contributed by atoms with Crippen LogP contribution in [0.2, 0.25) is 0 Å². The second kappa shape index (κ2) is 6.96. The van der Waals surface area contributed by atoms with Crippen molar-refractivity contribution in [1.82, 2.24) is 25.1 Å². The summed E-state index contributed by atoms with van der Waals surface area (Å²) in [6.45, 7) is 10.8. The Kier molecular flexibility index (Phi) is 5.04. The summed E-state index contributed by atoms with van der Waals surface area (Å²) in [7, 11) is 1.65. The highest BCUT2D eigenvalue weighted by atomic mass is 16.7. The lowest BCUT2D eigenvalue weighted by Crippen LogP contribution is -2.46. The normalized spacial score (nSPS) is 24.4. The van der Waals surface area contributed by atoms with Gasteiger partial charge in [0, 0.05) is 12.8 Å². The van der Waals surface area contributed by atoms with E-state index in [1.54, 1.807) is 48.6 Å². The molecule has 11 heteroatoms. The summed E-state index contributed by atoms with van der Waals surface area (Å²) in [5.74, 6) is -0.149. The minimum atomic E-state index is -0.868. The molecule has 160 valence electrons. The van der Waals surface area contributed by atoms with Crippen molar-refractivity contribution in [3.8, 4) is 0 Å². The number of rotatable bonds is 2. The van der Waals surface area contributed by atoms with E-state index in [-0.39, 0.29) is 13.0 Å². The number of aryl methyl sites for hydroxylation is 1. The van der Waals surface area contributed by atoms with Crippen molar-refractivity contribution in [2.75, 3.05) is 6.54 Å². The largest absolute Gasteiger partial charge is 0.458 e. The van der Waals surface area contributed by atoms with Gasteiger partial charge in [0.05, 0.1) is 13.6 Å². The van der Waals surface area contributed by atoms with Crippen LogP contribution in [-0.4, -0.2) is 72.3 Å². The zero-order chi connectivity index (χ0) is 21.6. The highest BCUT2D eigenvalue weighted by Gasteiger charge is 2.56. The van der Waals surface area contributed by atoms with Gasteiger partial charge in [0.2, 0.25) is 5.82 Å². The van der Waals surface area contributed by atoms with Crippen LogP contribution in [0.3, 0.4) is 0 Å². The predicted octanol–water partition coefficient (Wildman–Crippen LogP) is 1.42. The van der Waals surface area contributed by atoms with Crippen LogP contribution < -0.4 is 0 Å². The Balaban J connectivity index is 1.81. The molecule has 0 aromatic carbocycles. The van der Waals surface area contributed by atoms with E-state index in [9.17, 15) is 9.59 Å². The maximum atomic E-state index is 12.8. The van der Waals surface area contributed by atoms with Crippen LogP contribution >= 0.6 is 0 Å². The second-order valence-electron chi connectivity index (χ2n) is 9.45. The molecule has 0 saturated carbocycles. The second-order valence-corrected chi connectivity index (χ2v) is 9.45. The monoisotopic (exact) mass is 408 g/mol. The molecule has 0 aliphatic carbocycles. The molecule has 0 radical (unpaired) electrons. The third-order valence-corrected chi connectivity index (χ3v) is 4.31. The van der Waals surface area contributed by atoms with E-state index < -0.39 is 34.9 Å². The molecule has 1 spiro atoms. The van der Waals surface area contributed by atoms with E-state index in [1.807, 2.05) is 0 Å². The van der Waals surface area contributed by atoms with Crippen molar-refractivity contribution in [2.45, 2.75) is 77.2 Å². The molecule has 0 bridgehead atoms. The van der Waals surface area contributed by atoms with Crippen molar-refractivity contribution in [1.29, 1.82) is 0 Å². The van der Waals surface area contributed by atoms with Crippen molar-refractivity contribution in [3.63, 3.8) is 0 Å². The van der Waals surface area contributed by atoms with E-state index in [0.29, 0.717) is 18.0 Å². The summed E-state index contributed by atoms with van der Waals surface area (Å²) >= 11 is 0. The number of hydrogen-bond acceptors (Lipinski definition) is 9. The van der Waals surface area contributed by atoms with Gasteiger partial charge in [-0.1, -0.05) is 5.16 Å². The van der Waals surface area contributed by atoms with Gasteiger partial charge in [0.15, 0.2) is 5.60 Å². The minimum Gasteiger partial charge on any atom is -0.458 e. The molecule has 1 aromatic heterocycles. The fourth-order valence-electron chi connectivity index (χ4n) is 3.28. The number of hydrogen-bond donors (Lipinski definition) is 0. The molecule has 3 heterocycles. The van der Waals surface area contributed by atoms with Crippen molar-refractivity contribution in [2.24, 2.45) is 12.2 Å². The molecule has 1 amide bonds. The standard InChI is InChI=1S/C18H28N6O5/c1-16(2,3)27-14(25)12-9-18(10-24(12)15(26)28-17(4,5)6)8-11(21-29-18)13-19-22-23(7)20-13/h12H,8-10H2,1-7H3.